The molecule has 0 bridgehead atoms. The smallest absolute Gasteiger partial charge is 0.227 e. The fraction of sp³-hybridized carbons (Fsp3) is 0.333. The molecule has 26 heavy (non-hydrogen) atoms. The van der Waals surface area contributed by atoms with Gasteiger partial charge in [0.25, 0.3) is 0 Å². The van der Waals surface area contributed by atoms with E-state index < -0.39 is 0 Å². The van der Waals surface area contributed by atoms with Crippen molar-refractivity contribution in [2.45, 2.75) is 26.7 Å². The van der Waals surface area contributed by atoms with Crippen LogP contribution in [-0.4, -0.2) is 24.9 Å². The predicted octanol–water partition coefficient (Wildman–Crippen LogP) is 3.67. The van der Waals surface area contributed by atoms with Crippen LogP contribution in [0.5, 0.6) is 0 Å². The minimum absolute atomic E-state index is 0.00565. The fourth-order valence-corrected chi connectivity index (χ4v) is 3.28. The molecule has 136 valence electrons. The first kappa shape index (κ1) is 18.5. The van der Waals surface area contributed by atoms with Crippen LogP contribution in [-0.2, 0) is 16.0 Å². The second-order valence-corrected chi connectivity index (χ2v) is 7.28. The van der Waals surface area contributed by atoms with E-state index in [1.54, 1.807) is 4.90 Å². The molecule has 3 rings (SSSR count). The van der Waals surface area contributed by atoms with Gasteiger partial charge in [-0.15, -0.1) is 0 Å². The molecule has 2 aromatic rings. The Hall–Kier alpha value is -2.33. The molecular formula is C21H23ClN2O2. The van der Waals surface area contributed by atoms with Crippen molar-refractivity contribution in [3.63, 3.8) is 0 Å². The van der Waals surface area contributed by atoms with Gasteiger partial charge in [0.15, 0.2) is 0 Å². The third-order valence-electron chi connectivity index (χ3n) is 4.92. The SMILES string of the molecule is Cc1ccc(N2C[C@@H](C(=O)NCCc3ccc(Cl)cc3)CC2=O)cc1C. The monoisotopic (exact) mass is 370 g/mol. The number of hydrogen-bond acceptors (Lipinski definition) is 2. The van der Waals surface area contributed by atoms with Gasteiger partial charge in [0, 0.05) is 30.2 Å². The van der Waals surface area contributed by atoms with Crippen molar-refractivity contribution in [1.29, 1.82) is 0 Å². The van der Waals surface area contributed by atoms with Gasteiger partial charge < -0.3 is 10.2 Å². The van der Waals surface area contributed by atoms with Gasteiger partial charge in [-0.1, -0.05) is 29.8 Å². The van der Waals surface area contributed by atoms with E-state index in [4.69, 9.17) is 11.6 Å². The first-order chi connectivity index (χ1) is 12.4. The number of anilines is 1. The van der Waals surface area contributed by atoms with Gasteiger partial charge in [-0.05, 0) is 61.2 Å². The lowest BCUT2D eigenvalue weighted by Crippen LogP contribution is -2.34. The lowest BCUT2D eigenvalue weighted by molar-refractivity contribution is -0.126. The molecule has 1 heterocycles. The normalized spacial score (nSPS) is 16.8. The highest BCUT2D eigenvalue weighted by Crippen LogP contribution is 2.26. The molecule has 1 saturated heterocycles. The highest BCUT2D eigenvalue weighted by Gasteiger charge is 2.35. The number of benzene rings is 2. The second kappa shape index (κ2) is 7.92. The molecule has 1 aliphatic rings. The molecule has 1 N–H and O–H groups in total. The molecule has 4 nitrogen and oxygen atoms in total. The average Bonchev–Trinajstić information content (AvgIpc) is 3.01. The Morgan fingerprint density at radius 2 is 1.88 bits per heavy atom. The van der Waals surface area contributed by atoms with Crippen LogP contribution in [0.25, 0.3) is 0 Å². The van der Waals surface area contributed by atoms with Gasteiger partial charge in [-0.2, -0.15) is 0 Å². The topological polar surface area (TPSA) is 49.4 Å². The molecule has 0 aliphatic carbocycles. The molecule has 2 aromatic carbocycles. The third kappa shape index (κ3) is 4.25. The van der Waals surface area contributed by atoms with Gasteiger partial charge in [0.2, 0.25) is 11.8 Å². The Kier molecular flexibility index (Phi) is 5.62. The number of rotatable bonds is 5. The zero-order valence-electron chi connectivity index (χ0n) is 15.1. The van der Waals surface area contributed by atoms with Crippen molar-refractivity contribution in [3.8, 4) is 0 Å². The number of carbonyl (C=O) groups is 2. The summed E-state index contributed by atoms with van der Waals surface area (Å²) in [6.07, 6.45) is 1.00. The zero-order valence-corrected chi connectivity index (χ0v) is 15.8. The van der Waals surface area contributed by atoms with Crippen molar-refractivity contribution < 1.29 is 9.59 Å². The summed E-state index contributed by atoms with van der Waals surface area (Å²) in [6.45, 7) is 5.06. The van der Waals surface area contributed by atoms with E-state index in [1.165, 1.54) is 5.56 Å². The molecular weight excluding hydrogens is 348 g/mol. The summed E-state index contributed by atoms with van der Waals surface area (Å²) in [5.41, 5.74) is 4.33. The van der Waals surface area contributed by atoms with Crippen molar-refractivity contribution in [1.82, 2.24) is 5.32 Å². The summed E-state index contributed by atoms with van der Waals surface area (Å²) in [5.74, 6) is -0.348. The van der Waals surface area contributed by atoms with Crippen LogP contribution in [0.3, 0.4) is 0 Å². The van der Waals surface area contributed by atoms with E-state index >= 15 is 0 Å². The van der Waals surface area contributed by atoms with Gasteiger partial charge in [-0.3, -0.25) is 9.59 Å². The molecule has 0 spiro atoms. The second-order valence-electron chi connectivity index (χ2n) is 6.84. The largest absolute Gasteiger partial charge is 0.355 e. The maximum atomic E-state index is 12.4. The molecule has 0 saturated carbocycles. The standard InChI is InChI=1S/C21H23ClN2O2/c1-14-3-8-19(11-15(14)2)24-13-17(12-20(24)25)21(26)23-10-9-16-4-6-18(22)7-5-16/h3-8,11,17H,9-10,12-13H2,1-2H3,(H,23,26)/t17-/m0/s1. The van der Waals surface area contributed by atoms with Crippen LogP contribution >= 0.6 is 11.6 Å². The fourth-order valence-electron chi connectivity index (χ4n) is 3.15. The van der Waals surface area contributed by atoms with E-state index in [2.05, 4.69) is 5.32 Å². The van der Waals surface area contributed by atoms with Crippen LogP contribution in [0, 0.1) is 19.8 Å². The van der Waals surface area contributed by atoms with E-state index in [0.29, 0.717) is 18.1 Å². The minimum atomic E-state index is -0.297. The number of nitrogens with zero attached hydrogens (tertiary/aromatic N) is 1. The molecule has 0 unspecified atom stereocenters. The summed E-state index contributed by atoms with van der Waals surface area (Å²) in [4.78, 5) is 26.5. The Bertz CT molecular complexity index is 817. The minimum Gasteiger partial charge on any atom is -0.355 e. The molecule has 0 radical (unpaired) electrons. The van der Waals surface area contributed by atoms with E-state index in [0.717, 1.165) is 23.2 Å². The number of amides is 2. The number of nitrogens with one attached hydrogen (secondary N) is 1. The van der Waals surface area contributed by atoms with Gasteiger partial charge in [-0.25, -0.2) is 0 Å². The maximum absolute atomic E-state index is 12.4. The van der Waals surface area contributed by atoms with Gasteiger partial charge in [0.05, 0.1) is 5.92 Å². The van der Waals surface area contributed by atoms with Crippen LogP contribution in [0.4, 0.5) is 5.69 Å². The van der Waals surface area contributed by atoms with E-state index in [-0.39, 0.29) is 24.2 Å². The van der Waals surface area contributed by atoms with Gasteiger partial charge in [0.1, 0.15) is 0 Å². The molecule has 0 aromatic heterocycles. The van der Waals surface area contributed by atoms with Crippen LogP contribution in [0.2, 0.25) is 5.02 Å². The predicted molar refractivity (Wildman–Crippen MR) is 105 cm³/mol. The highest BCUT2D eigenvalue weighted by atomic mass is 35.5. The first-order valence-corrected chi connectivity index (χ1v) is 9.21. The zero-order chi connectivity index (χ0) is 18.7. The molecule has 1 fully saturated rings. The average molecular weight is 371 g/mol. The van der Waals surface area contributed by atoms with Crippen molar-refractivity contribution in [3.05, 3.63) is 64.2 Å². The van der Waals surface area contributed by atoms with Gasteiger partial charge >= 0.3 is 0 Å². The summed E-state index contributed by atoms with van der Waals surface area (Å²) in [6, 6.07) is 13.6. The summed E-state index contributed by atoms with van der Waals surface area (Å²) >= 11 is 5.87. The van der Waals surface area contributed by atoms with Crippen LogP contribution in [0.1, 0.15) is 23.1 Å². The lowest BCUT2D eigenvalue weighted by Gasteiger charge is -2.18. The maximum Gasteiger partial charge on any atom is 0.227 e. The highest BCUT2D eigenvalue weighted by molar-refractivity contribution is 6.30. The first-order valence-electron chi connectivity index (χ1n) is 8.84. The molecule has 1 atom stereocenters. The quantitative estimate of drug-likeness (QED) is 0.873. The summed E-state index contributed by atoms with van der Waals surface area (Å²) in [5, 5.41) is 3.65. The summed E-state index contributed by atoms with van der Waals surface area (Å²) < 4.78 is 0. The third-order valence-corrected chi connectivity index (χ3v) is 5.18. The van der Waals surface area contributed by atoms with Crippen LogP contribution in [0.15, 0.2) is 42.5 Å². The molecule has 5 heteroatoms. The van der Waals surface area contributed by atoms with Crippen LogP contribution < -0.4 is 10.2 Å². The molecule has 2 amide bonds. The number of carbonyl (C=O) groups excluding carboxylic acids is 2. The Labute approximate surface area is 159 Å². The Morgan fingerprint density at radius 1 is 1.15 bits per heavy atom. The Morgan fingerprint density at radius 3 is 2.58 bits per heavy atom. The van der Waals surface area contributed by atoms with E-state index in [1.807, 2.05) is 56.3 Å². The summed E-state index contributed by atoms with van der Waals surface area (Å²) in [7, 11) is 0. The Balaban J connectivity index is 1.54. The van der Waals surface area contributed by atoms with E-state index in [9.17, 15) is 9.59 Å². The number of halogens is 1. The lowest BCUT2D eigenvalue weighted by atomic mass is 10.1. The van der Waals surface area contributed by atoms with Crippen molar-refractivity contribution in [2.75, 3.05) is 18.0 Å². The van der Waals surface area contributed by atoms with Crippen molar-refractivity contribution >= 4 is 29.1 Å². The van der Waals surface area contributed by atoms with Crippen molar-refractivity contribution in [2.24, 2.45) is 5.92 Å². The number of aryl methyl sites for hydroxylation is 2. The number of hydrogen-bond donors (Lipinski definition) is 1. The molecule has 1 aliphatic heterocycles.